The van der Waals surface area contributed by atoms with E-state index in [0.717, 1.165) is 0 Å². The van der Waals surface area contributed by atoms with Crippen LogP contribution in [0.15, 0.2) is 97.1 Å². The third-order valence-electron chi connectivity index (χ3n) is 6.43. The maximum Gasteiger partial charge on any atom is 0.338 e. The van der Waals surface area contributed by atoms with Gasteiger partial charge in [0.1, 0.15) is 17.5 Å². The average Bonchev–Trinajstić information content (AvgIpc) is 3.02. The van der Waals surface area contributed by atoms with Gasteiger partial charge >= 0.3 is 5.97 Å². The number of methoxy groups -OCH3 is 1. The Morgan fingerprint density at radius 3 is 2.07 bits per heavy atom. The van der Waals surface area contributed by atoms with Crippen molar-refractivity contribution in [2.45, 2.75) is 19.4 Å². The highest BCUT2D eigenvalue weighted by Crippen LogP contribution is 2.19. The van der Waals surface area contributed by atoms with E-state index in [0.29, 0.717) is 28.1 Å². The molecule has 10 heteroatoms. The molecule has 0 radical (unpaired) electrons. The molecule has 0 aromatic heterocycles. The van der Waals surface area contributed by atoms with Crippen LogP contribution in [0.2, 0.25) is 0 Å². The van der Waals surface area contributed by atoms with Gasteiger partial charge in [-0.05, 0) is 85.3 Å². The number of hydrogen-bond donors (Lipinski definition) is 4. The summed E-state index contributed by atoms with van der Waals surface area (Å²) in [6.07, 6.45) is 0.110. The summed E-state index contributed by atoms with van der Waals surface area (Å²) in [5.41, 5.74) is 2.23. The van der Waals surface area contributed by atoms with Gasteiger partial charge in [-0.1, -0.05) is 24.3 Å². The van der Waals surface area contributed by atoms with Crippen molar-refractivity contribution in [2.24, 2.45) is 0 Å². The van der Waals surface area contributed by atoms with Crippen LogP contribution in [0, 0.1) is 0 Å². The van der Waals surface area contributed by atoms with E-state index in [-0.39, 0.29) is 30.0 Å². The summed E-state index contributed by atoms with van der Waals surface area (Å²) in [5, 5.41) is 18.0. The summed E-state index contributed by atoms with van der Waals surface area (Å²) < 4.78 is 10.1. The molecular weight excluding hydrogens is 550 g/mol. The number of carbonyl (C=O) groups excluding carboxylic acids is 4. The summed E-state index contributed by atoms with van der Waals surface area (Å²) in [6, 6.07) is 24.4. The number of ether oxygens (including phenoxy) is 2. The number of nitrogens with one attached hydrogen (secondary N) is 3. The highest BCUT2D eigenvalue weighted by molar-refractivity contribution is 6.10. The first-order valence-electron chi connectivity index (χ1n) is 13.5. The molecule has 0 heterocycles. The molecule has 4 rings (SSSR count). The van der Waals surface area contributed by atoms with Gasteiger partial charge in [-0.3, -0.25) is 14.4 Å². The van der Waals surface area contributed by atoms with Gasteiger partial charge in [0, 0.05) is 17.7 Å². The first-order valence-corrected chi connectivity index (χ1v) is 13.5. The number of rotatable bonds is 11. The van der Waals surface area contributed by atoms with Crippen molar-refractivity contribution < 1.29 is 33.8 Å². The maximum absolute atomic E-state index is 13.5. The first-order chi connectivity index (χ1) is 20.8. The van der Waals surface area contributed by atoms with Gasteiger partial charge in [0.2, 0.25) is 5.91 Å². The van der Waals surface area contributed by atoms with Gasteiger partial charge < -0.3 is 30.5 Å². The minimum Gasteiger partial charge on any atom is -0.508 e. The normalized spacial score (nSPS) is 11.1. The van der Waals surface area contributed by atoms with Crippen molar-refractivity contribution in [3.8, 4) is 11.5 Å². The Morgan fingerprint density at radius 2 is 1.42 bits per heavy atom. The Morgan fingerprint density at radius 1 is 0.767 bits per heavy atom. The van der Waals surface area contributed by atoms with Crippen LogP contribution in [0.25, 0.3) is 0 Å². The molecule has 0 fully saturated rings. The molecule has 4 aromatic carbocycles. The molecule has 3 amide bonds. The Balaban J connectivity index is 1.53. The second-order valence-electron chi connectivity index (χ2n) is 9.41. The number of phenolic OH excluding ortho intramolecular Hbond substituents is 1. The highest BCUT2D eigenvalue weighted by atomic mass is 16.5. The molecule has 0 aliphatic rings. The lowest BCUT2D eigenvalue weighted by Crippen LogP contribution is -2.45. The topological polar surface area (TPSA) is 143 Å². The SMILES string of the molecule is CCOC(=O)c1ccc(NC(=O)C(Cc2ccc(O)cc2)NC(=O)c2ccccc2NC(=O)c2ccc(OC)cc2)cc1. The van der Waals surface area contributed by atoms with Crippen molar-refractivity contribution in [1.29, 1.82) is 0 Å². The van der Waals surface area contributed by atoms with Gasteiger partial charge in [0.15, 0.2) is 0 Å². The number of phenols is 1. The third kappa shape index (κ3) is 8.20. The van der Waals surface area contributed by atoms with E-state index < -0.39 is 29.7 Å². The number of amides is 3. The first kappa shape index (κ1) is 30.3. The minimum absolute atomic E-state index is 0.0667. The lowest BCUT2D eigenvalue weighted by atomic mass is 10.0. The zero-order valence-corrected chi connectivity index (χ0v) is 23.6. The number of carbonyl (C=O) groups is 4. The van der Waals surface area contributed by atoms with Gasteiger partial charge in [-0.2, -0.15) is 0 Å². The predicted octanol–water partition coefficient (Wildman–Crippen LogP) is 4.81. The monoisotopic (exact) mass is 581 g/mol. The second-order valence-corrected chi connectivity index (χ2v) is 9.41. The molecule has 1 unspecified atom stereocenters. The molecule has 220 valence electrons. The molecule has 0 saturated heterocycles. The summed E-state index contributed by atoms with van der Waals surface area (Å²) in [5.74, 6) is -1.32. The van der Waals surface area contributed by atoms with Crippen molar-refractivity contribution in [3.05, 3.63) is 119 Å². The van der Waals surface area contributed by atoms with E-state index >= 15 is 0 Å². The smallest absolute Gasteiger partial charge is 0.338 e. The van der Waals surface area contributed by atoms with Crippen molar-refractivity contribution >= 4 is 35.1 Å². The molecule has 0 saturated carbocycles. The predicted molar refractivity (Wildman–Crippen MR) is 161 cm³/mol. The number of hydrogen-bond acceptors (Lipinski definition) is 7. The summed E-state index contributed by atoms with van der Waals surface area (Å²) >= 11 is 0. The number of esters is 1. The highest BCUT2D eigenvalue weighted by Gasteiger charge is 2.24. The minimum atomic E-state index is -1.04. The fourth-order valence-electron chi connectivity index (χ4n) is 4.17. The maximum atomic E-state index is 13.5. The van der Waals surface area contributed by atoms with Crippen molar-refractivity contribution in [2.75, 3.05) is 24.4 Å². The van der Waals surface area contributed by atoms with Crippen LogP contribution >= 0.6 is 0 Å². The van der Waals surface area contributed by atoms with Crippen LogP contribution < -0.4 is 20.7 Å². The average molecular weight is 582 g/mol. The molecular formula is C33H31N3O7. The van der Waals surface area contributed by atoms with Crippen molar-refractivity contribution in [1.82, 2.24) is 5.32 Å². The fraction of sp³-hybridized carbons (Fsp3) is 0.152. The van der Waals surface area contributed by atoms with Gasteiger partial charge in [0.25, 0.3) is 11.8 Å². The Bertz CT molecular complexity index is 1580. The van der Waals surface area contributed by atoms with Gasteiger partial charge in [-0.15, -0.1) is 0 Å². The van der Waals surface area contributed by atoms with Crippen LogP contribution in [0.1, 0.15) is 43.6 Å². The molecule has 4 N–H and O–H groups in total. The number of anilines is 2. The van der Waals surface area contributed by atoms with Crippen LogP contribution in [-0.4, -0.2) is 48.6 Å². The van der Waals surface area contributed by atoms with E-state index in [1.54, 1.807) is 79.7 Å². The van der Waals surface area contributed by atoms with Crippen LogP contribution in [-0.2, 0) is 16.0 Å². The van der Waals surface area contributed by atoms with E-state index in [9.17, 15) is 24.3 Å². The Labute approximate surface area is 248 Å². The molecule has 0 aliphatic carbocycles. The Kier molecular flexibility index (Phi) is 10.1. The molecule has 0 aliphatic heterocycles. The molecule has 10 nitrogen and oxygen atoms in total. The van der Waals surface area contributed by atoms with Crippen LogP contribution in [0.5, 0.6) is 11.5 Å². The molecule has 4 aromatic rings. The summed E-state index contributed by atoms with van der Waals surface area (Å²) in [4.78, 5) is 51.8. The third-order valence-corrected chi connectivity index (χ3v) is 6.43. The van der Waals surface area contributed by atoms with Gasteiger partial charge in [0.05, 0.1) is 30.5 Å². The van der Waals surface area contributed by atoms with E-state index in [2.05, 4.69) is 16.0 Å². The largest absolute Gasteiger partial charge is 0.508 e. The quantitative estimate of drug-likeness (QED) is 0.186. The number of benzene rings is 4. The van der Waals surface area contributed by atoms with E-state index in [1.165, 1.54) is 31.4 Å². The molecule has 1 atom stereocenters. The lowest BCUT2D eigenvalue weighted by Gasteiger charge is -2.20. The van der Waals surface area contributed by atoms with E-state index in [1.807, 2.05) is 0 Å². The van der Waals surface area contributed by atoms with E-state index in [4.69, 9.17) is 9.47 Å². The molecule has 0 bridgehead atoms. The Hall–Kier alpha value is -5.64. The fourth-order valence-corrected chi connectivity index (χ4v) is 4.17. The lowest BCUT2D eigenvalue weighted by molar-refractivity contribution is -0.118. The summed E-state index contributed by atoms with van der Waals surface area (Å²) in [6.45, 7) is 1.95. The number of aromatic hydroxyl groups is 1. The number of para-hydroxylation sites is 1. The molecule has 43 heavy (non-hydrogen) atoms. The zero-order chi connectivity index (χ0) is 30.8. The standard InChI is InChI=1S/C33H31N3O7/c1-3-43-33(41)23-10-14-24(15-11-23)34-32(40)29(20-21-8-16-25(37)17-9-21)36-31(39)27-6-4-5-7-28(27)35-30(38)22-12-18-26(42-2)19-13-22/h4-19,29,37H,3,20H2,1-2H3,(H,34,40)(H,35,38)(H,36,39). The van der Waals surface area contributed by atoms with Crippen molar-refractivity contribution in [3.63, 3.8) is 0 Å². The molecule has 0 spiro atoms. The van der Waals surface area contributed by atoms with Crippen LogP contribution in [0.4, 0.5) is 11.4 Å². The van der Waals surface area contributed by atoms with Gasteiger partial charge in [-0.25, -0.2) is 4.79 Å². The zero-order valence-electron chi connectivity index (χ0n) is 23.6. The second kappa shape index (κ2) is 14.3. The van der Waals surface area contributed by atoms with Crippen LogP contribution in [0.3, 0.4) is 0 Å². The summed E-state index contributed by atoms with van der Waals surface area (Å²) in [7, 11) is 1.53.